The Bertz CT molecular complexity index is 11500. The molecule has 0 fully saturated rings. The Labute approximate surface area is 855 Å². The topological polar surface area (TPSA) is 51.9 Å². The second kappa shape index (κ2) is 33.4. The van der Waals surface area contributed by atoms with Crippen LogP contribution in [0.15, 0.2) is 522 Å². The molecule has 27 aromatic carbocycles. The fourth-order valence-corrected chi connectivity index (χ4v) is 24.7. The lowest BCUT2D eigenvalue weighted by molar-refractivity contribution is 1.32. The number of pyridine rings is 3. The summed E-state index contributed by atoms with van der Waals surface area (Å²) in [7, 11) is 0. The van der Waals surface area contributed by atoms with Gasteiger partial charge in [0.05, 0.1) is 49.7 Å². The molecule has 0 saturated carbocycles. The summed E-state index contributed by atoms with van der Waals surface area (Å²) in [5.41, 5.74) is 30.0. The SMILES string of the molecule is c1cc(-c2ccc3ccccc3c2)cc(-c2ccc3c4cc5ccccc5cc4c4nc5ccccc5n4c3c2)c1.c1ccc2cc(-c3c4ccccc4c(-c4ccc5ccccc5c4)c4cc(-c5ccc6c7cc8ccccc8cc7c7nc8ccccc8n7c6c5)ccc34)ccc2c1.c1ccc2cc3c(cc2c1)c1ccc(-c2c4ccccc4c(-c4cccc5ccccc45)c4ccccc24)cc1n1c2ccccc2nc31. The summed E-state index contributed by atoms with van der Waals surface area (Å²) in [5, 5.41) is 38.3. The third kappa shape index (κ3) is 13.4. The zero-order chi connectivity index (χ0) is 97.6. The maximum Gasteiger partial charge on any atom is 0.146 e. The summed E-state index contributed by atoms with van der Waals surface area (Å²) in [4.78, 5) is 15.6. The molecule has 6 nitrogen and oxygen atoms in total. The molecule has 6 heterocycles. The van der Waals surface area contributed by atoms with Crippen LogP contribution in [0.4, 0.5) is 0 Å². The molecule has 33 rings (SSSR count). The molecule has 33 aromatic rings. The van der Waals surface area contributed by atoms with Gasteiger partial charge in [-0.3, -0.25) is 13.2 Å². The van der Waals surface area contributed by atoms with E-state index in [9.17, 15) is 0 Å². The van der Waals surface area contributed by atoms with E-state index >= 15 is 0 Å². The van der Waals surface area contributed by atoms with Crippen LogP contribution < -0.4 is 0 Å². The lowest BCUT2D eigenvalue weighted by Crippen LogP contribution is -1.94. The Morgan fingerprint density at radius 3 is 0.752 bits per heavy atom. The highest BCUT2D eigenvalue weighted by Crippen LogP contribution is 2.51. The molecule has 0 N–H and O–H groups in total. The first-order valence-corrected chi connectivity index (χ1v) is 51.3. The highest BCUT2D eigenvalue weighted by molar-refractivity contribution is 6.28. The molecule has 149 heavy (non-hydrogen) atoms. The third-order valence-electron chi connectivity index (χ3n) is 31.6. The van der Waals surface area contributed by atoms with E-state index in [4.69, 9.17) is 15.0 Å². The minimum Gasteiger partial charge on any atom is -0.292 e. The van der Waals surface area contributed by atoms with Crippen molar-refractivity contribution in [1.29, 1.82) is 0 Å². The van der Waals surface area contributed by atoms with Gasteiger partial charge in [0.25, 0.3) is 0 Å². The minimum atomic E-state index is 0.986. The number of fused-ring (bicyclic) bond motifs is 35. The van der Waals surface area contributed by atoms with Crippen molar-refractivity contribution in [1.82, 2.24) is 28.2 Å². The van der Waals surface area contributed by atoms with E-state index in [0.717, 1.165) is 61.1 Å². The molecule has 0 spiro atoms. The summed E-state index contributed by atoms with van der Waals surface area (Å²) < 4.78 is 7.09. The quantitative estimate of drug-likeness (QED) is 0.118. The Morgan fingerprint density at radius 1 is 0.114 bits per heavy atom. The van der Waals surface area contributed by atoms with Crippen LogP contribution in [-0.4, -0.2) is 28.2 Å². The van der Waals surface area contributed by atoms with Gasteiger partial charge in [-0.25, -0.2) is 15.0 Å². The van der Waals surface area contributed by atoms with Gasteiger partial charge in [0, 0.05) is 32.3 Å². The molecular formula is C143H86N6. The number of aromatic nitrogens is 6. The molecule has 688 valence electrons. The molecule has 6 aromatic heterocycles. The van der Waals surface area contributed by atoms with E-state index in [1.807, 2.05) is 0 Å². The zero-order valence-electron chi connectivity index (χ0n) is 80.8. The molecular weight excluding hydrogens is 1800 g/mol. The highest BCUT2D eigenvalue weighted by Gasteiger charge is 2.26. The average Bonchev–Trinajstić information content (AvgIpc) is 1.68. The van der Waals surface area contributed by atoms with Crippen molar-refractivity contribution in [2.75, 3.05) is 0 Å². The van der Waals surface area contributed by atoms with Gasteiger partial charge in [-0.15, -0.1) is 0 Å². The zero-order valence-corrected chi connectivity index (χ0v) is 80.8. The largest absolute Gasteiger partial charge is 0.292 e. The first-order chi connectivity index (χ1) is 73.8. The van der Waals surface area contributed by atoms with Gasteiger partial charge in [0.1, 0.15) is 16.9 Å². The van der Waals surface area contributed by atoms with E-state index in [2.05, 4.69) is 535 Å². The van der Waals surface area contributed by atoms with E-state index in [0.29, 0.717) is 0 Å². The molecule has 0 amide bonds. The lowest BCUT2D eigenvalue weighted by atomic mass is 9.84. The molecule has 0 aliphatic carbocycles. The number of hydrogen-bond donors (Lipinski definition) is 0. The summed E-state index contributed by atoms with van der Waals surface area (Å²) in [6.45, 7) is 0. The van der Waals surface area contributed by atoms with Crippen molar-refractivity contribution < 1.29 is 0 Å². The fraction of sp³-hybridized carbons (Fsp3) is 0. The molecule has 0 saturated heterocycles. The van der Waals surface area contributed by atoms with E-state index < -0.39 is 0 Å². The monoisotopic (exact) mass is 1890 g/mol. The molecule has 0 unspecified atom stereocenters. The maximum atomic E-state index is 5.26. The first-order valence-electron chi connectivity index (χ1n) is 51.3. The standard InChI is InChI=1S/C57H34N2.C47H28N2.C39H24N2/c1-3-13-37-29-43(23-21-35(37)11-1)55-46-17-7-8-18-47(46)56(44-24-22-36-12-2-4-14-38(36)30-44)50-32-41(26-28-48(50)55)42-25-27-45-49-31-39-15-5-6-16-40(39)33-51(49)57-58-52-19-9-10-20-53(52)59(57)54(45)34-42;1-2-14-31-27-41-40(26-30(31)13-1)34-25-24-32(28-44(34)49-43-23-10-9-22-42(43)48-47(41)49)45-36-17-5-7-19-38(36)46(39-20-8-6-18-37(39)45)35-21-11-15-29-12-3-4-16-33(29)35;1-2-9-26-20-31(17-16-25(26)8-1)27-12-7-13-28(21-27)32-18-19-33-34-22-29-10-3-4-11-30(29)23-35(34)39-40-36-14-5-6-15-37(36)41(39)38(33)24-32/h1-34H;1-28H;1-24H. The minimum absolute atomic E-state index is 0.986. The summed E-state index contributed by atoms with van der Waals surface area (Å²) >= 11 is 0. The summed E-state index contributed by atoms with van der Waals surface area (Å²) in [6.07, 6.45) is 0. The summed E-state index contributed by atoms with van der Waals surface area (Å²) in [6, 6.07) is 191. The van der Waals surface area contributed by atoms with Gasteiger partial charge >= 0.3 is 0 Å². The smallest absolute Gasteiger partial charge is 0.146 e. The van der Waals surface area contributed by atoms with Crippen molar-refractivity contribution in [2.24, 2.45) is 0 Å². The Balaban J connectivity index is 0.000000103. The molecule has 0 aliphatic heterocycles. The third-order valence-corrected chi connectivity index (χ3v) is 31.6. The van der Waals surface area contributed by atoms with Crippen LogP contribution in [0, 0.1) is 0 Å². The van der Waals surface area contributed by atoms with Crippen molar-refractivity contribution in [2.45, 2.75) is 0 Å². The Kier molecular flexibility index (Phi) is 18.8. The molecule has 0 radical (unpaired) electrons. The van der Waals surface area contributed by atoms with E-state index in [1.165, 1.54) is 250 Å². The van der Waals surface area contributed by atoms with Gasteiger partial charge in [-0.2, -0.15) is 0 Å². The number of benzene rings is 27. The normalized spacial score (nSPS) is 12.0. The number of hydrogen-bond acceptors (Lipinski definition) is 3. The van der Waals surface area contributed by atoms with E-state index in [1.54, 1.807) is 0 Å². The maximum absolute atomic E-state index is 5.26. The van der Waals surface area contributed by atoms with Crippen molar-refractivity contribution >= 4 is 234 Å². The van der Waals surface area contributed by atoms with Gasteiger partial charge in [0.2, 0.25) is 0 Å². The number of imidazole rings is 3. The van der Waals surface area contributed by atoms with Gasteiger partial charge < -0.3 is 0 Å². The summed E-state index contributed by atoms with van der Waals surface area (Å²) in [5.74, 6) is 0. The number of rotatable bonds is 7. The van der Waals surface area contributed by atoms with Gasteiger partial charge in [0.15, 0.2) is 0 Å². The van der Waals surface area contributed by atoms with Crippen LogP contribution >= 0.6 is 0 Å². The van der Waals surface area contributed by atoms with Crippen LogP contribution in [0.2, 0.25) is 0 Å². The Hall–Kier alpha value is -19.8. The van der Waals surface area contributed by atoms with Crippen LogP contribution in [-0.2, 0) is 0 Å². The van der Waals surface area contributed by atoms with Crippen LogP contribution in [0.5, 0.6) is 0 Å². The Morgan fingerprint density at radius 2 is 0.356 bits per heavy atom. The predicted molar refractivity (Wildman–Crippen MR) is 634 cm³/mol. The van der Waals surface area contributed by atoms with Gasteiger partial charge in [-0.1, -0.05) is 400 Å². The fourth-order valence-electron chi connectivity index (χ4n) is 24.7. The van der Waals surface area contributed by atoms with Crippen LogP contribution in [0.1, 0.15) is 0 Å². The van der Waals surface area contributed by atoms with Crippen LogP contribution in [0.3, 0.4) is 0 Å². The molecule has 0 aliphatic rings. The van der Waals surface area contributed by atoms with Crippen molar-refractivity contribution in [3.05, 3.63) is 522 Å². The highest BCUT2D eigenvalue weighted by atomic mass is 15.0. The van der Waals surface area contributed by atoms with Gasteiger partial charge in [-0.05, 0) is 334 Å². The second-order valence-corrected chi connectivity index (χ2v) is 39.9. The molecule has 6 heteroatoms. The van der Waals surface area contributed by atoms with Crippen LogP contribution in [0.25, 0.3) is 311 Å². The molecule has 0 bridgehead atoms. The number of nitrogens with zero attached hydrogens (tertiary/aromatic N) is 6. The molecule has 0 atom stereocenters. The van der Waals surface area contributed by atoms with Crippen molar-refractivity contribution in [3.63, 3.8) is 0 Å². The lowest BCUT2D eigenvalue weighted by Gasteiger charge is -2.19. The first kappa shape index (κ1) is 83.8. The average molecular weight is 1890 g/mol. The van der Waals surface area contributed by atoms with E-state index in [-0.39, 0.29) is 0 Å². The predicted octanol–water partition coefficient (Wildman–Crippen LogP) is 38.7. The second-order valence-electron chi connectivity index (χ2n) is 39.9. The number of para-hydroxylation sites is 6. The van der Waals surface area contributed by atoms with Crippen molar-refractivity contribution in [3.8, 4) is 77.9 Å².